The number of hydrogen-bond donors (Lipinski definition) is 3. The fraction of sp³-hybridized carbons (Fsp3) is 0.364. The molecule has 4 heteroatoms. The van der Waals surface area contributed by atoms with Gasteiger partial charge in [-0.25, -0.2) is 0 Å². The molecule has 1 aliphatic rings. The quantitative estimate of drug-likeness (QED) is 0.482. The Bertz CT molecular complexity index is 376. The number of nitrogens with two attached hydrogens (primary N) is 1. The molecule has 1 aromatic rings. The Morgan fingerprint density at radius 2 is 2.27 bits per heavy atom. The third-order valence-corrected chi connectivity index (χ3v) is 2.44. The summed E-state index contributed by atoms with van der Waals surface area (Å²) in [6.45, 7) is 0.774. The predicted molar refractivity (Wildman–Crippen MR) is 60.4 cm³/mol. The average molecular weight is 205 g/mol. The van der Waals surface area contributed by atoms with Crippen molar-refractivity contribution in [1.82, 2.24) is 0 Å². The molecule has 0 atom stereocenters. The molecule has 0 aromatic heterocycles. The van der Waals surface area contributed by atoms with E-state index in [1.807, 2.05) is 18.2 Å². The van der Waals surface area contributed by atoms with Crippen LogP contribution < -0.4 is 15.8 Å². The van der Waals surface area contributed by atoms with Crippen LogP contribution in [0.4, 0.5) is 5.69 Å². The monoisotopic (exact) mass is 205 g/mol. The lowest BCUT2D eigenvalue weighted by Crippen LogP contribution is -2.20. The molecule has 2 rings (SSSR count). The normalized spacial score (nSPS) is 14.7. The summed E-state index contributed by atoms with van der Waals surface area (Å²) in [6, 6.07) is 5.86. The van der Waals surface area contributed by atoms with Gasteiger partial charge in [0.2, 0.25) is 0 Å². The molecule has 0 amide bonds. The Balaban J connectivity index is 2.23. The number of anilines is 1. The van der Waals surface area contributed by atoms with Gasteiger partial charge >= 0.3 is 0 Å². The van der Waals surface area contributed by atoms with Gasteiger partial charge in [-0.2, -0.15) is 0 Å². The average Bonchev–Trinajstić information content (AvgIpc) is 2.41. The van der Waals surface area contributed by atoms with Crippen LogP contribution in [-0.4, -0.2) is 12.6 Å². The predicted octanol–water partition coefficient (Wildman–Crippen LogP) is 1.71. The maximum atomic E-state index is 7.14. The number of guanidine groups is 1. The van der Waals surface area contributed by atoms with E-state index in [0.717, 1.165) is 30.9 Å². The minimum absolute atomic E-state index is 0.0522. The zero-order valence-corrected chi connectivity index (χ0v) is 8.55. The van der Waals surface area contributed by atoms with E-state index in [4.69, 9.17) is 15.9 Å². The third-order valence-electron chi connectivity index (χ3n) is 2.44. The molecule has 1 heterocycles. The van der Waals surface area contributed by atoms with Crippen LogP contribution in [0.15, 0.2) is 18.2 Å². The lowest BCUT2D eigenvalue weighted by Gasteiger charge is -2.10. The highest BCUT2D eigenvalue weighted by atomic mass is 16.5. The first-order chi connectivity index (χ1) is 7.25. The van der Waals surface area contributed by atoms with E-state index in [-0.39, 0.29) is 5.96 Å². The van der Waals surface area contributed by atoms with Gasteiger partial charge in [0, 0.05) is 11.8 Å². The summed E-state index contributed by atoms with van der Waals surface area (Å²) in [5.74, 6) is 0.863. The number of benzene rings is 1. The van der Waals surface area contributed by atoms with E-state index in [0.29, 0.717) is 0 Å². The van der Waals surface area contributed by atoms with E-state index in [2.05, 4.69) is 5.32 Å². The summed E-state index contributed by atoms with van der Waals surface area (Å²) in [4.78, 5) is 0. The second kappa shape index (κ2) is 4.21. The van der Waals surface area contributed by atoms with Crippen LogP contribution in [0.2, 0.25) is 0 Å². The standard InChI is InChI=1S/C11H15N3O/c12-11(13)14-9-5-4-8-3-1-2-6-15-10(8)7-9/h4-5,7H,1-3,6H2,(H4,12,13,14). The van der Waals surface area contributed by atoms with Gasteiger partial charge < -0.3 is 15.8 Å². The Kier molecular flexibility index (Phi) is 2.76. The molecule has 15 heavy (non-hydrogen) atoms. The van der Waals surface area contributed by atoms with Gasteiger partial charge in [-0.15, -0.1) is 0 Å². The molecule has 4 N–H and O–H groups in total. The first-order valence-corrected chi connectivity index (χ1v) is 5.12. The summed E-state index contributed by atoms with van der Waals surface area (Å²) in [5, 5.41) is 9.90. The van der Waals surface area contributed by atoms with Crippen molar-refractivity contribution in [3.05, 3.63) is 23.8 Å². The lowest BCUT2D eigenvalue weighted by molar-refractivity contribution is 0.317. The molecule has 0 saturated heterocycles. The molecule has 0 saturated carbocycles. The van der Waals surface area contributed by atoms with Gasteiger partial charge in [-0.1, -0.05) is 6.07 Å². The second-order valence-electron chi connectivity index (χ2n) is 3.67. The zero-order valence-electron chi connectivity index (χ0n) is 8.55. The van der Waals surface area contributed by atoms with Gasteiger partial charge in [0.1, 0.15) is 5.75 Å². The van der Waals surface area contributed by atoms with Gasteiger partial charge in [-0.3, -0.25) is 5.41 Å². The molecule has 0 aliphatic carbocycles. The summed E-state index contributed by atoms with van der Waals surface area (Å²) in [7, 11) is 0. The van der Waals surface area contributed by atoms with Crippen molar-refractivity contribution in [1.29, 1.82) is 5.41 Å². The molecule has 4 nitrogen and oxygen atoms in total. The van der Waals surface area contributed by atoms with Gasteiger partial charge in [0.15, 0.2) is 5.96 Å². The van der Waals surface area contributed by atoms with Crippen LogP contribution >= 0.6 is 0 Å². The number of hydrogen-bond acceptors (Lipinski definition) is 2. The summed E-state index contributed by atoms with van der Waals surface area (Å²) < 4.78 is 5.62. The van der Waals surface area contributed by atoms with E-state index >= 15 is 0 Å². The van der Waals surface area contributed by atoms with Crippen LogP contribution in [-0.2, 0) is 6.42 Å². The van der Waals surface area contributed by atoms with Crippen LogP contribution in [0.5, 0.6) is 5.75 Å². The molecule has 0 radical (unpaired) electrons. The number of aryl methyl sites for hydroxylation is 1. The van der Waals surface area contributed by atoms with Gasteiger partial charge in [0.05, 0.1) is 6.61 Å². The third kappa shape index (κ3) is 2.40. The van der Waals surface area contributed by atoms with Crippen molar-refractivity contribution in [2.75, 3.05) is 11.9 Å². The topological polar surface area (TPSA) is 71.1 Å². The number of fused-ring (bicyclic) bond motifs is 1. The maximum Gasteiger partial charge on any atom is 0.190 e. The van der Waals surface area contributed by atoms with Crippen molar-refractivity contribution in [3.8, 4) is 5.75 Å². The minimum Gasteiger partial charge on any atom is -0.493 e. The molecule has 0 fully saturated rings. The summed E-state index contributed by atoms with van der Waals surface area (Å²) in [6.07, 6.45) is 3.34. The molecule has 0 bridgehead atoms. The highest BCUT2D eigenvalue weighted by molar-refractivity contribution is 5.89. The van der Waals surface area contributed by atoms with Gasteiger partial charge in [0.25, 0.3) is 0 Å². The van der Waals surface area contributed by atoms with Crippen molar-refractivity contribution >= 4 is 11.6 Å². The van der Waals surface area contributed by atoms with Crippen molar-refractivity contribution in [2.24, 2.45) is 5.73 Å². The number of ether oxygens (including phenoxy) is 1. The maximum absolute atomic E-state index is 7.14. The number of rotatable bonds is 1. The molecular weight excluding hydrogens is 190 g/mol. The van der Waals surface area contributed by atoms with Crippen LogP contribution in [0, 0.1) is 5.41 Å². The second-order valence-corrected chi connectivity index (χ2v) is 3.67. The van der Waals surface area contributed by atoms with Gasteiger partial charge in [-0.05, 0) is 30.9 Å². The largest absolute Gasteiger partial charge is 0.493 e. The van der Waals surface area contributed by atoms with E-state index in [9.17, 15) is 0 Å². The molecule has 1 aromatic carbocycles. The number of nitrogens with one attached hydrogen (secondary N) is 2. The summed E-state index contributed by atoms with van der Waals surface area (Å²) in [5.41, 5.74) is 7.31. The molecule has 0 spiro atoms. The smallest absolute Gasteiger partial charge is 0.190 e. The first kappa shape index (κ1) is 9.83. The molecular formula is C11H15N3O. The molecule has 80 valence electrons. The SMILES string of the molecule is N=C(N)Nc1ccc2c(c1)OCCCC2. The zero-order chi connectivity index (χ0) is 10.7. The fourth-order valence-electron chi connectivity index (χ4n) is 1.73. The fourth-order valence-corrected chi connectivity index (χ4v) is 1.73. The van der Waals surface area contributed by atoms with E-state index in [1.165, 1.54) is 12.0 Å². The Morgan fingerprint density at radius 3 is 3.07 bits per heavy atom. The van der Waals surface area contributed by atoms with E-state index < -0.39 is 0 Å². The Morgan fingerprint density at radius 1 is 1.40 bits per heavy atom. The highest BCUT2D eigenvalue weighted by Crippen LogP contribution is 2.27. The van der Waals surface area contributed by atoms with Crippen molar-refractivity contribution < 1.29 is 4.74 Å². The Labute approximate surface area is 88.9 Å². The Hall–Kier alpha value is -1.71. The highest BCUT2D eigenvalue weighted by Gasteiger charge is 2.09. The van der Waals surface area contributed by atoms with Crippen LogP contribution in [0.1, 0.15) is 18.4 Å². The minimum atomic E-state index is -0.0522. The first-order valence-electron chi connectivity index (χ1n) is 5.12. The molecule has 0 unspecified atom stereocenters. The summed E-state index contributed by atoms with van der Waals surface area (Å²) >= 11 is 0. The van der Waals surface area contributed by atoms with Crippen LogP contribution in [0.3, 0.4) is 0 Å². The molecule has 1 aliphatic heterocycles. The van der Waals surface area contributed by atoms with Crippen molar-refractivity contribution in [3.63, 3.8) is 0 Å². The lowest BCUT2D eigenvalue weighted by atomic mass is 10.1. The van der Waals surface area contributed by atoms with Crippen molar-refractivity contribution in [2.45, 2.75) is 19.3 Å². The van der Waals surface area contributed by atoms with Crippen LogP contribution in [0.25, 0.3) is 0 Å². The van der Waals surface area contributed by atoms with E-state index in [1.54, 1.807) is 0 Å².